The van der Waals surface area contributed by atoms with Gasteiger partial charge in [0.25, 0.3) is 5.56 Å². The van der Waals surface area contributed by atoms with Gasteiger partial charge in [-0.05, 0) is 88.0 Å². The van der Waals surface area contributed by atoms with Gasteiger partial charge in [0, 0.05) is 45.5 Å². The lowest BCUT2D eigenvalue weighted by atomic mass is 9.88. The van der Waals surface area contributed by atoms with Crippen molar-refractivity contribution < 1.29 is 33.4 Å². The highest BCUT2D eigenvalue weighted by Crippen LogP contribution is 2.28. The number of likely N-dealkylation sites (N-methyl/N-ethyl adjacent to an activating group) is 1. The van der Waals surface area contributed by atoms with Crippen LogP contribution < -0.4 is 10.9 Å². The van der Waals surface area contributed by atoms with Gasteiger partial charge in [-0.3, -0.25) is 14.4 Å². The number of hydrogen-bond acceptors (Lipinski definition) is 9. The SMILES string of the molecule is CN(C)C(=O)/C=C/CC[C@H](NC(=O)OCC1CCOCC1)C(=O)Cc1cccn(Cc2nc3c(CC(C)(C)C)cccc3n2C(=O)OC(C)(C)C)c1=O. The van der Waals surface area contributed by atoms with Crippen LogP contribution in [0, 0.1) is 11.3 Å². The maximum atomic E-state index is 13.9. The average Bonchev–Trinajstić information content (AvgIpc) is 3.45. The van der Waals surface area contributed by atoms with Crippen LogP contribution in [-0.2, 0) is 43.2 Å². The molecule has 2 aromatic heterocycles. The topological polar surface area (TPSA) is 151 Å². The molecule has 0 aliphatic carbocycles. The molecule has 13 nitrogen and oxygen atoms in total. The fraction of sp³-hybridized carbons (Fsp3) is 0.550. The van der Waals surface area contributed by atoms with E-state index in [1.807, 2.05) is 18.2 Å². The van der Waals surface area contributed by atoms with E-state index < -0.39 is 29.4 Å². The lowest BCUT2D eigenvalue weighted by Gasteiger charge is -2.22. The molecule has 4 rings (SSSR count). The summed E-state index contributed by atoms with van der Waals surface area (Å²) < 4.78 is 19.4. The average molecular weight is 734 g/mol. The van der Waals surface area contributed by atoms with Crippen molar-refractivity contribution in [3.05, 3.63) is 76.0 Å². The summed E-state index contributed by atoms with van der Waals surface area (Å²) in [5, 5.41) is 2.69. The predicted molar refractivity (Wildman–Crippen MR) is 202 cm³/mol. The van der Waals surface area contributed by atoms with Crippen LogP contribution in [0.15, 0.2) is 53.5 Å². The summed E-state index contributed by atoms with van der Waals surface area (Å²) in [6.07, 6.45) is 5.86. The van der Waals surface area contributed by atoms with Gasteiger partial charge < -0.3 is 29.0 Å². The Bertz CT molecular complexity index is 1850. The number of pyridine rings is 1. The summed E-state index contributed by atoms with van der Waals surface area (Å²) in [7, 11) is 3.28. The van der Waals surface area contributed by atoms with E-state index in [4.69, 9.17) is 19.2 Å². The number of rotatable bonds is 13. The third kappa shape index (κ3) is 12.1. The summed E-state index contributed by atoms with van der Waals surface area (Å²) in [6.45, 7) is 13.1. The Morgan fingerprint density at radius 3 is 2.40 bits per heavy atom. The summed E-state index contributed by atoms with van der Waals surface area (Å²) in [5.41, 5.74) is 1.16. The number of Topliss-reactive ketones (excluding diaryl/α,β-unsaturated/α-hetero) is 1. The number of imidazole rings is 1. The highest BCUT2D eigenvalue weighted by atomic mass is 16.6. The van der Waals surface area contributed by atoms with Crippen molar-refractivity contribution in [3.8, 4) is 0 Å². The zero-order chi connectivity index (χ0) is 38.9. The van der Waals surface area contributed by atoms with Gasteiger partial charge in [0.05, 0.1) is 30.2 Å². The molecule has 288 valence electrons. The molecule has 1 aromatic carbocycles. The zero-order valence-corrected chi connectivity index (χ0v) is 32.4. The van der Waals surface area contributed by atoms with Crippen LogP contribution >= 0.6 is 0 Å². The molecule has 3 aromatic rings. The number of para-hydroxylation sites is 1. The molecular weight excluding hydrogens is 678 g/mol. The predicted octanol–water partition coefficient (Wildman–Crippen LogP) is 5.68. The first-order valence-corrected chi connectivity index (χ1v) is 18.2. The van der Waals surface area contributed by atoms with Crippen LogP contribution in [0.2, 0.25) is 0 Å². The Morgan fingerprint density at radius 2 is 1.74 bits per heavy atom. The Hall–Kier alpha value is -4.78. The smallest absolute Gasteiger partial charge is 0.420 e. The van der Waals surface area contributed by atoms with Crippen LogP contribution in [0.3, 0.4) is 0 Å². The van der Waals surface area contributed by atoms with Crippen molar-refractivity contribution in [1.29, 1.82) is 0 Å². The van der Waals surface area contributed by atoms with Gasteiger partial charge in [-0.25, -0.2) is 19.1 Å². The molecule has 13 heteroatoms. The largest absolute Gasteiger partial charge is 0.449 e. The Labute approximate surface area is 311 Å². The van der Waals surface area contributed by atoms with Crippen molar-refractivity contribution in [2.75, 3.05) is 33.9 Å². The van der Waals surface area contributed by atoms with Crippen molar-refractivity contribution in [2.45, 2.75) is 98.3 Å². The molecule has 1 aliphatic heterocycles. The van der Waals surface area contributed by atoms with E-state index in [2.05, 4.69) is 26.1 Å². The number of nitrogens with zero attached hydrogens (tertiary/aromatic N) is 4. The number of amides is 2. The third-order valence-corrected chi connectivity index (χ3v) is 8.71. The zero-order valence-electron chi connectivity index (χ0n) is 32.4. The van der Waals surface area contributed by atoms with E-state index in [9.17, 15) is 24.0 Å². The lowest BCUT2D eigenvalue weighted by Crippen LogP contribution is -2.43. The molecule has 0 bridgehead atoms. The minimum Gasteiger partial charge on any atom is -0.449 e. The molecule has 1 atom stereocenters. The molecule has 0 unspecified atom stereocenters. The van der Waals surface area contributed by atoms with E-state index in [1.54, 1.807) is 59.3 Å². The molecule has 2 amide bonds. The van der Waals surface area contributed by atoms with Crippen molar-refractivity contribution in [2.24, 2.45) is 11.3 Å². The molecule has 0 spiro atoms. The number of carbonyl (C=O) groups is 4. The molecule has 1 fully saturated rings. The third-order valence-electron chi connectivity index (χ3n) is 8.71. The number of ether oxygens (including phenoxy) is 3. The first kappa shape index (κ1) is 41.0. The van der Waals surface area contributed by atoms with Crippen LogP contribution in [0.1, 0.15) is 84.2 Å². The van der Waals surface area contributed by atoms with Crippen molar-refractivity contribution in [1.82, 2.24) is 24.3 Å². The van der Waals surface area contributed by atoms with Gasteiger partial charge in [0.2, 0.25) is 5.91 Å². The maximum absolute atomic E-state index is 13.9. The second-order valence-corrected chi connectivity index (χ2v) is 16.0. The number of nitrogens with one attached hydrogen (secondary N) is 1. The van der Waals surface area contributed by atoms with E-state index in [1.165, 1.54) is 20.1 Å². The van der Waals surface area contributed by atoms with Crippen molar-refractivity contribution >= 4 is 34.9 Å². The summed E-state index contributed by atoms with van der Waals surface area (Å²) in [4.78, 5) is 72.4. The number of hydrogen-bond donors (Lipinski definition) is 1. The fourth-order valence-electron chi connectivity index (χ4n) is 6.05. The second kappa shape index (κ2) is 17.8. The van der Waals surface area contributed by atoms with E-state index in [0.29, 0.717) is 42.9 Å². The molecule has 3 heterocycles. The maximum Gasteiger partial charge on any atom is 0.420 e. The standard InChI is InChI=1S/C40H55N5O8/c1-39(2,3)24-29-13-11-16-31-35(29)42-33(45(31)38(50)53-40(4,5)6)25-44-20-12-14-28(36(44)48)23-32(46)30(15-9-10-17-34(47)43(7)8)41-37(49)52-26-27-18-21-51-22-19-27/h10-14,16-17,20,27,30H,9,15,18-19,21-26H2,1-8H3,(H,41,49)/b17-10+/t30-/m0/s1. The second-order valence-electron chi connectivity index (χ2n) is 16.0. The number of ketones is 1. The number of allylic oxidation sites excluding steroid dienone is 1. The molecule has 0 radical (unpaired) electrons. The normalized spacial score (nSPS) is 14.6. The number of carbonyl (C=O) groups excluding carboxylic acids is 4. The highest BCUT2D eigenvalue weighted by Gasteiger charge is 2.27. The van der Waals surface area contributed by atoms with Crippen molar-refractivity contribution in [3.63, 3.8) is 0 Å². The van der Waals surface area contributed by atoms with E-state index in [0.717, 1.165) is 18.4 Å². The van der Waals surface area contributed by atoms with Gasteiger partial charge in [-0.1, -0.05) is 45.0 Å². The Morgan fingerprint density at radius 1 is 1.04 bits per heavy atom. The Kier molecular flexibility index (Phi) is 13.8. The van der Waals surface area contributed by atoms with E-state index >= 15 is 0 Å². The minimum atomic E-state index is -0.970. The summed E-state index contributed by atoms with van der Waals surface area (Å²) in [5.74, 6) is -0.0951. The molecule has 1 saturated heterocycles. The van der Waals surface area contributed by atoms with Crippen LogP contribution in [-0.4, -0.2) is 88.5 Å². The quantitative estimate of drug-likeness (QED) is 0.219. The number of fused-ring (bicyclic) bond motifs is 1. The lowest BCUT2D eigenvalue weighted by molar-refractivity contribution is -0.123. The van der Waals surface area contributed by atoms with E-state index in [-0.39, 0.29) is 54.6 Å². The van der Waals surface area contributed by atoms with Crippen LogP contribution in [0.25, 0.3) is 11.0 Å². The first-order valence-electron chi connectivity index (χ1n) is 18.2. The van der Waals surface area contributed by atoms with Gasteiger partial charge in [0.1, 0.15) is 11.4 Å². The summed E-state index contributed by atoms with van der Waals surface area (Å²) in [6, 6.07) is 7.95. The fourth-order valence-corrected chi connectivity index (χ4v) is 6.05. The molecule has 1 aliphatic rings. The van der Waals surface area contributed by atoms with Gasteiger partial charge in [-0.15, -0.1) is 0 Å². The van der Waals surface area contributed by atoms with Crippen LogP contribution in [0.4, 0.5) is 9.59 Å². The van der Waals surface area contributed by atoms with Gasteiger partial charge in [0.15, 0.2) is 5.78 Å². The molecule has 1 N–H and O–H groups in total. The summed E-state index contributed by atoms with van der Waals surface area (Å²) >= 11 is 0. The van der Waals surface area contributed by atoms with Crippen LogP contribution in [0.5, 0.6) is 0 Å². The molecule has 0 saturated carbocycles. The molecule has 53 heavy (non-hydrogen) atoms. The molecular formula is C40H55N5O8. The van der Waals surface area contributed by atoms with Gasteiger partial charge >= 0.3 is 12.2 Å². The minimum absolute atomic E-state index is 0.0455. The Balaban J connectivity index is 1.59. The highest BCUT2D eigenvalue weighted by molar-refractivity contribution is 5.90. The first-order chi connectivity index (χ1) is 24.9. The van der Waals surface area contributed by atoms with Gasteiger partial charge in [-0.2, -0.15) is 0 Å². The number of alkyl carbamates (subject to hydrolysis) is 1. The number of benzene rings is 1. The number of aromatic nitrogens is 3. The monoisotopic (exact) mass is 733 g/mol.